The highest BCUT2D eigenvalue weighted by atomic mass is 16.4. The zero-order valence-electron chi connectivity index (χ0n) is 10.8. The van der Waals surface area contributed by atoms with Crippen molar-refractivity contribution in [1.82, 2.24) is 14.3 Å². The quantitative estimate of drug-likeness (QED) is 0.863. The number of hydrogen-bond donors (Lipinski definition) is 1. The van der Waals surface area contributed by atoms with E-state index in [1.807, 2.05) is 0 Å². The van der Waals surface area contributed by atoms with Crippen LogP contribution in [0, 0.1) is 0 Å². The molecule has 7 nitrogen and oxygen atoms in total. The van der Waals surface area contributed by atoms with E-state index in [0.717, 1.165) is 0 Å². The Balaban J connectivity index is 2.33. The number of hydrogen-bond acceptors (Lipinski definition) is 4. The third-order valence-electron chi connectivity index (χ3n) is 2.85. The summed E-state index contributed by atoms with van der Waals surface area (Å²) in [5, 5.41) is 8.59. The zero-order chi connectivity index (χ0) is 14.7. The van der Waals surface area contributed by atoms with Crippen LogP contribution in [-0.2, 0) is 4.79 Å². The summed E-state index contributed by atoms with van der Waals surface area (Å²) in [4.78, 5) is 40.0. The first-order valence-corrected chi connectivity index (χ1v) is 5.94. The molecule has 0 aromatic carbocycles. The molecule has 1 amide bonds. The van der Waals surface area contributed by atoms with Crippen LogP contribution in [0.25, 0.3) is 5.65 Å². The normalized spacial score (nSPS) is 10.4. The van der Waals surface area contributed by atoms with Gasteiger partial charge in [-0.1, -0.05) is 6.07 Å². The van der Waals surface area contributed by atoms with Crippen molar-refractivity contribution in [3.63, 3.8) is 0 Å². The monoisotopic (exact) mass is 275 g/mol. The van der Waals surface area contributed by atoms with E-state index in [4.69, 9.17) is 5.11 Å². The van der Waals surface area contributed by atoms with E-state index in [-0.39, 0.29) is 18.5 Å². The fourth-order valence-corrected chi connectivity index (χ4v) is 1.74. The van der Waals surface area contributed by atoms with Gasteiger partial charge in [0.1, 0.15) is 11.2 Å². The number of carboxylic acids is 1. The van der Waals surface area contributed by atoms with Crippen LogP contribution >= 0.6 is 0 Å². The Hall–Kier alpha value is -2.70. The lowest BCUT2D eigenvalue weighted by molar-refractivity contribution is -0.137. The number of amides is 1. The minimum atomic E-state index is -1.00. The highest BCUT2D eigenvalue weighted by Crippen LogP contribution is 2.01. The van der Waals surface area contributed by atoms with Crippen LogP contribution in [0.4, 0.5) is 0 Å². The van der Waals surface area contributed by atoms with Crippen LogP contribution in [0.2, 0.25) is 0 Å². The molecule has 104 valence electrons. The molecule has 0 aliphatic heterocycles. The Morgan fingerprint density at radius 2 is 2.15 bits per heavy atom. The minimum absolute atomic E-state index is 0.0328. The third kappa shape index (κ3) is 2.66. The molecule has 2 aromatic rings. The van der Waals surface area contributed by atoms with Gasteiger partial charge in [0.05, 0.1) is 6.42 Å². The highest BCUT2D eigenvalue weighted by molar-refractivity contribution is 5.93. The Morgan fingerprint density at radius 1 is 1.40 bits per heavy atom. The van der Waals surface area contributed by atoms with Gasteiger partial charge in [-0.25, -0.2) is 4.98 Å². The van der Waals surface area contributed by atoms with E-state index in [2.05, 4.69) is 4.98 Å². The van der Waals surface area contributed by atoms with E-state index >= 15 is 0 Å². The number of aromatic nitrogens is 2. The maximum Gasteiger partial charge on any atom is 0.305 e. The van der Waals surface area contributed by atoms with Gasteiger partial charge in [-0.05, 0) is 12.1 Å². The molecule has 0 atom stereocenters. The van der Waals surface area contributed by atoms with Crippen molar-refractivity contribution in [2.24, 2.45) is 0 Å². The number of fused-ring (bicyclic) bond motifs is 1. The number of carbonyl (C=O) groups excluding carboxylic acids is 1. The molecule has 0 saturated heterocycles. The van der Waals surface area contributed by atoms with Crippen molar-refractivity contribution < 1.29 is 14.7 Å². The summed E-state index contributed by atoms with van der Waals surface area (Å²) in [6, 6.07) is 5.06. The Labute approximate surface area is 114 Å². The van der Waals surface area contributed by atoms with Crippen molar-refractivity contribution in [2.45, 2.75) is 6.42 Å². The van der Waals surface area contributed by atoms with Gasteiger partial charge in [0.25, 0.3) is 11.5 Å². The number of aliphatic carboxylic acids is 1. The van der Waals surface area contributed by atoms with Gasteiger partial charge in [0.2, 0.25) is 0 Å². The molecule has 2 aromatic heterocycles. The molecule has 0 fully saturated rings. The molecule has 0 bridgehead atoms. The lowest BCUT2D eigenvalue weighted by Gasteiger charge is -2.15. The fourth-order valence-electron chi connectivity index (χ4n) is 1.74. The minimum Gasteiger partial charge on any atom is -0.481 e. The van der Waals surface area contributed by atoms with E-state index in [1.165, 1.54) is 28.7 Å². The van der Waals surface area contributed by atoms with Gasteiger partial charge >= 0.3 is 5.97 Å². The van der Waals surface area contributed by atoms with Gasteiger partial charge in [0.15, 0.2) is 0 Å². The molecule has 0 aliphatic carbocycles. The number of pyridine rings is 1. The van der Waals surface area contributed by atoms with Gasteiger partial charge in [-0.15, -0.1) is 0 Å². The van der Waals surface area contributed by atoms with Crippen molar-refractivity contribution in [3.8, 4) is 0 Å². The van der Waals surface area contributed by atoms with Crippen LogP contribution < -0.4 is 5.56 Å². The van der Waals surface area contributed by atoms with E-state index in [9.17, 15) is 14.4 Å². The van der Waals surface area contributed by atoms with E-state index in [1.54, 1.807) is 18.2 Å². The lowest BCUT2D eigenvalue weighted by Crippen LogP contribution is -2.34. The van der Waals surface area contributed by atoms with Crippen LogP contribution in [0.15, 0.2) is 35.4 Å². The molecular weight excluding hydrogens is 262 g/mol. The molecule has 2 heterocycles. The highest BCUT2D eigenvalue weighted by Gasteiger charge is 2.17. The van der Waals surface area contributed by atoms with Crippen LogP contribution in [0.3, 0.4) is 0 Å². The van der Waals surface area contributed by atoms with Gasteiger partial charge in [0, 0.05) is 26.0 Å². The maximum atomic E-state index is 12.2. The molecule has 0 saturated carbocycles. The van der Waals surface area contributed by atoms with Crippen LogP contribution in [0.5, 0.6) is 0 Å². The summed E-state index contributed by atoms with van der Waals surface area (Å²) in [5.74, 6) is -1.54. The summed E-state index contributed by atoms with van der Waals surface area (Å²) in [6.07, 6.45) is 2.57. The SMILES string of the molecule is CN(CCC(=O)O)C(=O)c1cnc2ccccn2c1=O. The predicted octanol–water partition coefficient (Wildman–Crippen LogP) is 0.241. The summed E-state index contributed by atoms with van der Waals surface area (Å²) < 4.78 is 1.28. The van der Waals surface area contributed by atoms with Gasteiger partial charge < -0.3 is 10.0 Å². The second-order valence-corrected chi connectivity index (χ2v) is 4.28. The first kappa shape index (κ1) is 13.7. The summed E-state index contributed by atoms with van der Waals surface area (Å²) in [7, 11) is 1.45. The second kappa shape index (κ2) is 5.52. The molecular formula is C13H13N3O4. The second-order valence-electron chi connectivity index (χ2n) is 4.28. The van der Waals surface area contributed by atoms with Crippen LogP contribution in [-0.4, -0.2) is 44.9 Å². The van der Waals surface area contributed by atoms with Gasteiger partial charge in [-0.2, -0.15) is 0 Å². The van der Waals surface area contributed by atoms with Crippen LogP contribution in [0.1, 0.15) is 16.8 Å². The van der Waals surface area contributed by atoms with E-state index in [0.29, 0.717) is 5.65 Å². The van der Waals surface area contributed by atoms with E-state index < -0.39 is 17.4 Å². The summed E-state index contributed by atoms with van der Waals surface area (Å²) in [6.45, 7) is 0.0328. The molecule has 0 spiro atoms. The Morgan fingerprint density at radius 3 is 2.85 bits per heavy atom. The number of rotatable bonds is 4. The van der Waals surface area contributed by atoms with Gasteiger partial charge in [-0.3, -0.25) is 18.8 Å². The summed E-state index contributed by atoms with van der Waals surface area (Å²) in [5.41, 5.74) is -0.105. The predicted molar refractivity (Wildman–Crippen MR) is 70.7 cm³/mol. The molecule has 0 radical (unpaired) electrons. The van der Waals surface area contributed by atoms with Crippen molar-refractivity contribution in [2.75, 3.05) is 13.6 Å². The topological polar surface area (TPSA) is 92.0 Å². The zero-order valence-corrected chi connectivity index (χ0v) is 10.8. The molecule has 20 heavy (non-hydrogen) atoms. The lowest BCUT2D eigenvalue weighted by atomic mass is 10.2. The van der Waals surface area contributed by atoms with Crippen molar-refractivity contribution in [1.29, 1.82) is 0 Å². The van der Waals surface area contributed by atoms with Crippen molar-refractivity contribution in [3.05, 3.63) is 46.5 Å². The number of nitrogens with zero attached hydrogens (tertiary/aromatic N) is 3. The number of carboxylic acid groups (broad SMARTS) is 1. The molecule has 0 unspecified atom stereocenters. The smallest absolute Gasteiger partial charge is 0.305 e. The molecule has 7 heteroatoms. The average molecular weight is 275 g/mol. The number of carbonyl (C=O) groups is 2. The summed E-state index contributed by atoms with van der Waals surface area (Å²) >= 11 is 0. The average Bonchev–Trinajstić information content (AvgIpc) is 2.44. The molecule has 1 N–H and O–H groups in total. The Bertz CT molecular complexity index is 723. The third-order valence-corrected chi connectivity index (χ3v) is 2.85. The molecule has 2 rings (SSSR count). The standard InChI is InChI=1S/C13H13N3O4/c1-15(7-5-11(17)18)12(19)9-8-14-10-4-2-3-6-16(10)13(9)20/h2-4,6,8H,5,7H2,1H3,(H,17,18). The first-order chi connectivity index (χ1) is 9.50. The fraction of sp³-hybridized carbons (Fsp3) is 0.231. The molecule has 0 aliphatic rings. The first-order valence-electron chi connectivity index (χ1n) is 5.94. The maximum absolute atomic E-state index is 12.2. The van der Waals surface area contributed by atoms with Crippen molar-refractivity contribution >= 4 is 17.5 Å². The largest absolute Gasteiger partial charge is 0.481 e. The Kier molecular flexibility index (Phi) is 3.79.